The zero-order valence-corrected chi connectivity index (χ0v) is 29.4. The van der Waals surface area contributed by atoms with Gasteiger partial charge in [0, 0.05) is 41.2 Å². The summed E-state index contributed by atoms with van der Waals surface area (Å²) in [6, 6.07) is 7.70. The minimum atomic E-state index is -0.429. The number of ketones is 1. The summed E-state index contributed by atoms with van der Waals surface area (Å²) >= 11 is 1.20. The fourth-order valence-corrected chi connectivity index (χ4v) is 12.5. The van der Waals surface area contributed by atoms with Crippen molar-refractivity contribution in [1.29, 1.82) is 0 Å². The smallest absolute Gasteiger partial charge is 0.358 e. The fraction of sp³-hybridized carbons (Fsp3) is 0.625. The summed E-state index contributed by atoms with van der Waals surface area (Å²) in [6.45, 7) is 10.6. The van der Waals surface area contributed by atoms with Gasteiger partial charge in [0.05, 0.1) is 18.3 Å². The Hall–Kier alpha value is -2.81. The highest BCUT2D eigenvalue weighted by Crippen LogP contribution is 2.70. The minimum Gasteiger partial charge on any atom is -0.457 e. The van der Waals surface area contributed by atoms with E-state index in [9.17, 15) is 9.59 Å². The molecule has 48 heavy (non-hydrogen) atoms. The van der Waals surface area contributed by atoms with E-state index < -0.39 is 5.97 Å². The van der Waals surface area contributed by atoms with Gasteiger partial charge in [-0.05, 0) is 91.4 Å². The Bertz CT molecular complexity index is 1800. The Morgan fingerprint density at radius 3 is 2.75 bits per heavy atom. The van der Waals surface area contributed by atoms with Gasteiger partial charge in [0.2, 0.25) is 5.78 Å². The third kappa shape index (κ3) is 4.54. The van der Waals surface area contributed by atoms with Gasteiger partial charge >= 0.3 is 5.97 Å². The third-order valence-electron chi connectivity index (χ3n) is 14.3. The lowest BCUT2D eigenvalue weighted by molar-refractivity contribution is -0.272. The molecular formula is C40H48N2O5S. The molecule has 1 spiro atoms. The highest BCUT2D eigenvalue weighted by Gasteiger charge is 2.68. The molecule has 7 nitrogen and oxygen atoms in total. The molecule has 11 unspecified atom stereocenters. The van der Waals surface area contributed by atoms with E-state index in [0.29, 0.717) is 57.6 Å². The van der Waals surface area contributed by atoms with Crippen molar-refractivity contribution >= 4 is 34.0 Å². The van der Waals surface area contributed by atoms with Crippen molar-refractivity contribution in [2.24, 2.45) is 46.3 Å². The van der Waals surface area contributed by atoms with E-state index in [0.717, 1.165) is 49.6 Å². The number of fused-ring (bicyclic) bond motifs is 8. The van der Waals surface area contributed by atoms with Crippen LogP contribution in [0.1, 0.15) is 111 Å². The van der Waals surface area contributed by atoms with Crippen molar-refractivity contribution in [2.75, 3.05) is 6.61 Å². The number of aromatic nitrogens is 2. The monoisotopic (exact) mass is 668 g/mol. The van der Waals surface area contributed by atoms with Crippen LogP contribution in [0.15, 0.2) is 47.5 Å². The van der Waals surface area contributed by atoms with E-state index in [-0.39, 0.29) is 28.8 Å². The number of hydrogen-bond donors (Lipinski definition) is 1. The van der Waals surface area contributed by atoms with Gasteiger partial charge in [0.25, 0.3) is 0 Å². The van der Waals surface area contributed by atoms with Crippen LogP contribution in [0, 0.1) is 46.3 Å². The van der Waals surface area contributed by atoms with Crippen LogP contribution >= 0.6 is 11.3 Å². The molecular weight excluding hydrogens is 621 g/mol. The number of allylic oxidation sites excluding steroid dienone is 1. The topological polar surface area (TPSA) is 90.5 Å². The van der Waals surface area contributed by atoms with E-state index in [2.05, 4.69) is 43.7 Å². The summed E-state index contributed by atoms with van der Waals surface area (Å²) in [5.41, 5.74) is 3.63. The Kier molecular flexibility index (Phi) is 7.21. The van der Waals surface area contributed by atoms with Gasteiger partial charge in [0.15, 0.2) is 16.5 Å². The minimum absolute atomic E-state index is 0.153. The van der Waals surface area contributed by atoms with Gasteiger partial charge in [-0.15, -0.1) is 11.3 Å². The van der Waals surface area contributed by atoms with Crippen LogP contribution in [0.25, 0.3) is 10.9 Å². The summed E-state index contributed by atoms with van der Waals surface area (Å²) < 4.78 is 19.6. The summed E-state index contributed by atoms with van der Waals surface area (Å²) in [4.78, 5) is 34.1. The van der Waals surface area contributed by atoms with Crippen molar-refractivity contribution in [3.05, 3.63) is 63.8 Å². The number of H-pyrrole nitrogens is 1. The molecule has 3 saturated carbocycles. The molecule has 254 valence electrons. The molecule has 4 heterocycles. The molecule has 9 rings (SSSR count). The third-order valence-corrected chi connectivity index (χ3v) is 15.2. The molecule has 3 aromatic rings. The zero-order valence-electron chi connectivity index (χ0n) is 28.6. The van der Waals surface area contributed by atoms with E-state index in [1.54, 1.807) is 11.6 Å². The number of nitrogens with one attached hydrogen (secondary N) is 1. The van der Waals surface area contributed by atoms with E-state index in [1.165, 1.54) is 42.6 Å². The molecule has 11 atom stereocenters. The quantitative estimate of drug-likeness (QED) is 0.170. The lowest BCUT2D eigenvalue weighted by atomic mass is 9.47. The van der Waals surface area contributed by atoms with Crippen molar-refractivity contribution in [1.82, 2.24) is 9.97 Å². The maximum atomic E-state index is 13.3. The molecule has 5 fully saturated rings. The molecule has 4 aliphatic carbocycles. The lowest BCUT2D eigenvalue weighted by Crippen LogP contribution is -2.52. The van der Waals surface area contributed by atoms with E-state index in [1.807, 2.05) is 24.3 Å². The molecule has 8 heteroatoms. The Morgan fingerprint density at radius 2 is 1.92 bits per heavy atom. The normalized spacial score (nSPS) is 41.7. The highest BCUT2D eigenvalue weighted by atomic mass is 32.1. The number of ether oxygens (including phenoxy) is 3. The number of carbonyl (C=O) groups is 2. The largest absolute Gasteiger partial charge is 0.457 e. The molecule has 2 aromatic heterocycles. The van der Waals surface area contributed by atoms with Crippen LogP contribution < -0.4 is 0 Å². The van der Waals surface area contributed by atoms with Crippen LogP contribution in [-0.2, 0) is 14.2 Å². The van der Waals surface area contributed by atoms with Crippen molar-refractivity contribution < 1.29 is 23.8 Å². The highest BCUT2D eigenvalue weighted by molar-refractivity contribution is 7.12. The maximum absolute atomic E-state index is 13.3. The average molecular weight is 669 g/mol. The van der Waals surface area contributed by atoms with E-state index in [4.69, 9.17) is 14.2 Å². The molecule has 2 saturated heterocycles. The molecule has 6 aliphatic rings. The number of para-hydroxylation sites is 1. The average Bonchev–Trinajstić information content (AvgIpc) is 3.85. The Balaban J connectivity index is 0.872. The van der Waals surface area contributed by atoms with Crippen LogP contribution in [0.3, 0.4) is 0 Å². The number of nitrogens with zero attached hydrogens (tertiary/aromatic N) is 1. The summed E-state index contributed by atoms with van der Waals surface area (Å²) in [6.07, 6.45) is 14.2. The van der Waals surface area contributed by atoms with Gasteiger partial charge in [0.1, 0.15) is 6.10 Å². The first-order valence-corrected chi connectivity index (χ1v) is 19.3. The summed E-state index contributed by atoms with van der Waals surface area (Å²) in [5, 5.41) is 2.82. The van der Waals surface area contributed by atoms with E-state index >= 15 is 0 Å². The van der Waals surface area contributed by atoms with Gasteiger partial charge in [-0.1, -0.05) is 57.5 Å². The molecule has 0 amide bonds. The second-order valence-electron chi connectivity index (χ2n) is 16.7. The first-order valence-electron chi connectivity index (χ1n) is 18.4. The van der Waals surface area contributed by atoms with Gasteiger partial charge in [-0.3, -0.25) is 4.79 Å². The molecule has 2 aliphatic heterocycles. The van der Waals surface area contributed by atoms with Crippen LogP contribution in [0.2, 0.25) is 0 Å². The van der Waals surface area contributed by atoms with Crippen LogP contribution in [0.4, 0.5) is 0 Å². The number of rotatable bonds is 4. The molecule has 1 aromatic carbocycles. The molecule has 0 radical (unpaired) electrons. The lowest BCUT2D eigenvalue weighted by Gasteiger charge is -2.58. The maximum Gasteiger partial charge on any atom is 0.358 e. The SMILES string of the molecule is CC1CCC2(OC1)OC1CC3C4CC=C5CC(OC(=O)c6csc(C(=O)c7c[nH]c8ccccc78)n6)CCC5(C)C4CCC3(C)C1C2C. The van der Waals surface area contributed by atoms with Crippen molar-refractivity contribution in [3.8, 4) is 0 Å². The number of benzene rings is 1. The number of carbonyl (C=O) groups excluding carboxylic acids is 2. The second-order valence-corrected chi connectivity index (χ2v) is 17.5. The van der Waals surface area contributed by atoms with Crippen LogP contribution in [0.5, 0.6) is 0 Å². The predicted molar refractivity (Wildman–Crippen MR) is 185 cm³/mol. The molecule has 0 bridgehead atoms. The number of thiazole rings is 1. The number of esters is 1. The fourth-order valence-electron chi connectivity index (χ4n) is 11.8. The van der Waals surface area contributed by atoms with Crippen molar-refractivity contribution in [2.45, 2.75) is 103 Å². The zero-order chi connectivity index (χ0) is 33.0. The Morgan fingerprint density at radius 1 is 1.06 bits per heavy atom. The van der Waals surface area contributed by atoms with Gasteiger partial charge in [-0.2, -0.15) is 0 Å². The first-order chi connectivity index (χ1) is 23.1. The van der Waals surface area contributed by atoms with Gasteiger partial charge in [-0.25, -0.2) is 9.78 Å². The number of hydrogen-bond acceptors (Lipinski definition) is 7. The summed E-state index contributed by atoms with van der Waals surface area (Å²) in [7, 11) is 0. The van der Waals surface area contributed by atoms with Crippen molar-refractivity contribution in [3.63, 3.8) is 0 Å². The molecule has 1 N–H and O–H groups in total. The summed E-state index contributed by atoms with van der Waals surface area (Å²) in [5.74, 6) is 2.71. The first kappa shape index (κ1) is 31.2. The Labute approximate surface area is 287 Å². The number of aromatic amines is 1. The standard InChI is InChI=1S/C40H48N2O5S/c1-22-11-16-40(45-20-22)23(2)34-33(47-40)18-30-27-10-9-24-17-25(12-14-38(24,3)29(27)13-15-39(30,34)4)46-37(44)32-21-48-36(42-32)35(43)28-19-41-31-8-6-5-7-26(28)31/h5-9,19,21-23,25,27,29-30,33-34,41H,10-18,20H2,1-4H3. The second kappa shape index (κ2) is 11.1. The predicted octanol–water partition coefficient (Wildman–Crippen LogP) is 8.75. The van der Waals surface area contributed by atoms with Gasteiger partial charge < -0.3 is 19.2 Å². The van der Waals surface area contributed by atoms with Crippen LogP contribution in [-0.4, -0.2) is 46.3 Å².